The van der Waals surface area contributed by atoms with Gasteiger partial charge in [0, 0.05) is 0 Å². The number of rotatable bonds is 17. The third kappa shape index (κ3) is 28.6. The van der Waals surface area contributed by atoms with Crippen LogP contribution in [-0.2, 0) is 33.3 Å². The van der Waals surface area contributed by atoms with Gasteiger partial charge in [0.25, 0.3) is 0 Å². The molecule has 31 nitrogen and oxygen atoms in total. The van der Waals surface area contributed by atoms with Crippen molar-refractivity contribution in [2.45, 2.75) is 87.2 Å². The average Bonchev–Trinajstić information content (AvgIpc) is 3.65. The summed E-state index contributed by atoms with van der Waals surface area (Å²) in [7, 11) is -4.64. The Morgan fingerprint density at radius 3 is 1.35 bits per heavy atom. The summed E-state index contributed by atoms with van der Waals surface area (Å²) in [6.45, 7) is 2.03. The second-order valence-electron chi connectivity index (χ2n) is 11.7. The highest BCUT2D eigenvalue weighted by atomic mass is 31.2. The van der Waals surface area contributed by atoms with Gasteiger partial charge in [-0.3, -0.25) is 14.4 Å². The molecule has 0 amide bonds. The van der Waals surface area contributed by atoms with Crippen LogP contribution in [-0.4, -0.2) is 221 Å². The fraction of sp³-hybridized carbons (Fsp3) is 0.607. The van der Waals surface area contributed by atoms with Gasteiger partial charge in [-0.2, -0.15) is 0 Å². The number of aldehydes is 2. The molecule has 2 heterocycles. The molecule has 0 aromatic carbocycles. The normalized spacial score (nSPS) is 15.4. The quantitative estimate of drug-likeness (QED) is 0.0518. The number of nitrogens with two attached hydrogens (primary N) is 2. The number of phosphoric acid groups is 1. The average molecular weight is 903 g/mol. The van der Waals surface area contributed by atoms with Gasteiger partial charge >= 0.3 is 31.7 Å². The number of carbonyl (C=O) groups excluding carboxylic acids is 2. The second-order valence-corrected chi connectivity index (χ2v) is 12.7. The van der Waals surface area contributed by atoms with Crippen molar-refractivity contribution in [2.24, 2.45) is 11.7 Å². The van der Waals surface area contributed by atoms with Crippen LogP contribution in [0.15, 0.2) is 12.7 Å². The molecule has 2 aromatic rings. The molecule has 2 rings (SSSR count). The van der Waals surface area contributed by atoms with E-state index in [4.69, 9.17) is 107 Å². The fourth-order valence-electron chi connectivity index (χ4n) is 3.02. The first kappa shape index (κ1) is 61.9. The lowest BCUT2D eigenvalue weighted by Gasteiger charge is -2.22. The number of hydrogen-bond acceptors (Lipinski definition) is 23. The molecule has 0 aliphatic heterocycles. The maximum atomic E-state index is 10.3. The molecule has 0 saturated carbocycles. The lowest BCUT2D eigenvalue weighted by molar-refractivity contribution is -0.170. The number of aliphatic carboxylic acids is 4. The van der Waals surface area contributed by atoms with E-state index in [1.54, 1.807) is 13.8 Å². The number of carboxylic acids is 4. The first-order valence-corrected chi connectivity index (χ1v) is 17.5. The van der Waals surface area contributed by atoms with Gasteiger partial charge in [0.15, 0.2) is 29.6 Å². The topological polar surface area (TPSA) is 590 Å². The van der Waals surface area contributed by atoms with E-state index < -0.39 is 118 Å². The number of carbonyl (C=O) groups is 6. The highest BCUT2D eigenvalue weighted by molar-refractivity contribution is 7.45. The molecule has 2 aromatic heterocycles. The van der Waals surface area contributed by atoms with Crippen LogP contribution in [0.2, 0.25) is 0 Å². The number of imidazole rings is 1. The number of fused-ring (bicyclic) bond motifs is 1. The summed E-state index contributed by atoms with van der Waals surface area (Å²) >= 11 is 0. The lowest BCUT2D eigenvalue weighted by atomic mass is 9.96. The zero-order chi connectivity index (χ0) is 48.3. The molecular formula is C28H51N6O25P. The first-order chi connectivity index (χ1) is 27.3. The number of H-pyrrole nitrogens is 1. The molecule has 32 heteroatoms. The summed E-state index contributed by atoms with van der Waals surface area (Å²) in [5, 5.41) is 129. The molecule has 0 radical (unpaired) electrons. The van der Waals surface area contributed by atoms with Crippen LogP contribution in [0.1, 0.15) is 26.7 Å². The number of nitrogens with one attached hydrogen (secondary N) is 1. The van der Waals surface area contributed by atoms with Crippen molar-refractivity contribution in [2.75, 3.05) is 18.9 Å². The van der Waals surface area contributed by atoms with Crippen molar-refractivity contribution in [3.63, 3.8) is 0 Å². The zero-order valence-corrected chi connectivity index (χ0v) is 32.2. The standard InChI is InChI=1S/C6H8O7.2C6H12O6.C5H5N5.C5H11NO2.H3O4P/c7-3(8)1-6(13,5(11)12)2-4(9)10;2*7-1-3(9)5(11)6(12)4(10)2-8;6-4-3-5(9-1-7-3)10-2-8-4;1-3(2)4(6)5(7)8;1-5(2,3)4/h13H,1-2H2,(H,7,8)(H,9,10)(H,11,12);2*1,3-6,8-12H,2H2;1-2H,(H3,6,7,8,9,10);3-4H,6H2,1-2H3,(H,7,8);(H3,1,2,3,4). The van der Waals surface area contributed by atoms with Crippen LogP contribution < -0.4 is 11.5 Å². The largest absolute Gasteiger partial charge is 0.481 e. The Morgan fingerprint density at radius 2 is 1.12 bits per heavy atom. The van der Waals surface area contributed by atoms with Crippen molar-refractivity contribution in [1.29, 1.82) is 0 Å². The molecule has 348 valence electrons. The van der Waals surface area contributed by atoms with E-state index in [1.807, 2.05) is 0 Å². The van der Waals surface area contributed by atoms with Crippen LogP contribution in [0.25, 0.3) is 11.2 Å². The number of aromatic amines is 1. The van der Waals surface area contributed by atoms with Gasteiger partial charge in [-0.05, 0) is 5.92 Å². The molecule has 9 unspecified atom stereocenters. The van der Waals surface area contributed by atoms with Crippen molar-refractivity contribution in [1.82, 2.24) is 19.9 Å². The smallest absolute Gasteiger partial charge is 0.466 e. The maximum Gasteiger partial charge on any atom is 0.466 e. The van der Waals surface area contributed by atoms with Crippen molar-refractivity contribution in [3.8, 4) is 0 Å². The summed E-state index contributed by atoms with van der Waals surface area (Å²) in [4.78, 5) is 96.2. The van der Waals surface area contributed by atoms with E-state index >= 15 is 0 Å². The zero-order valence-electron chi connectivity index (χ0n) is 31.3. The number of aliphatic hydroxyl groups is 11. The third-order valence-electron chi connectivity index (χ3n) is 6.38. The molecule has 0 fully saturated rings. The molecular weight excluding hydrogens is 851 g/mol. The predicted molar refractivity (Wildman–Crippen MR) is 192 cm³/mol. The highest BCUT2D eigenvalue weighted by Crippen LogP contribution is 2.25. The van der Waals surface area contributed by atoms with E-state index in [0.717, 1.165) is 0 Å². The summed E-state index contributed by atoms with van der Waals surface area (Å²) < 4.78 is 8.88. The van der Waals surface area contributed by atoms with Gasteiger partial charge < -0.3 is 117 Å². The van der Waals surface area contributed by atoms with Crippen LogP contribution in [0.3, 0.4) is 0 Å². The molecule has 9 atom stereocenters. The van der Waals surface area contributed by atoms with Crippen LogP contribution in [0, 0.1) is 5.92 Å². The summed E-state index contributed by atoms with van der Waals surface area (Å²) in [6, 6.07) is -0.713. The Hall–Kier alpha value is -4.80. The van der Waals surface area contributed by atoms with E-state index in [-0.39, 0.29) is 18.5 Å². The summed E-state index contributed by atoms with van der Waals surface area (Å²) in [5.74, 6) is -5.50. The van der Waals surface area contributed by atoms with E-state index in [9.17, 15) is 28.8 Å². The number of nitrogen functional groups attached to an aromatic ring is 1. The molecule has 0 aliphatic rings. The number of anilines is 1. The lowest BCUT2D eigenvalue weighted by Crippen LogP contribution is -2.46. The Kier molecular flexibility index (Phi) is 32.1. The molecule has 60 heavy (non-hydrogen) atoms. The number of hydrogen-bond donors (Lipinski definition) is 21. The third-order valence-corrected chi connectivity index (χ3v) is 6.38. The minimum atomic E-state index is -4.64. The highest BCUT2D eigenvalue weighted by Gasteiger charge is 2.40. The minimum absolute atomic E-state index is 0.0208. The Balaban J connectivity index is -0.000000319. The van der Waals surface area contributed by atoms with Gasteiger partial charge in [-0.25, -0.2) is 24.3 Å². The molecule has 23 N–H and O–H groups in total. The molecule has 0 spiro atoms. The van der Waals surface area contributed by atoms with Crippen molar-refractivity contribution >= 4 is 61.3 Å². The SMILES string of the molecule is CC(C)C(N)C(=O)O.Nc1ncnc2nc[nH]c12.O=C(O)CC(O)(CC(=O)O)C(=O)O.O=CC(O)C(O)C(O)C(O)CO.O=CC(O)C(O)C(O)C(O)CO.O=P(O)(O)O. The molecule has 0 bridgehead atoms. The summed E-state index contributed by atoms with van der Waals surface area (Å²) in [6.07, 6.45) is -13.0. The van der Waals surface area contributed by atoms with E-state index in [1.165, 1.54) is 12.7 Å². The second kappa shape index (κ2) is 31.1. The number of nitrogens with zero attached hydrogens (tertiary/aromatic N) is 3. The molecule has 0 saturated heterocycles. The van der Waals surface area contributed by atoms with Crippen LogP contribution in [0.5, 0.6) is 0 Å². The van der Waals surface area contributed by atoms with E-state index in [0.29, 0.717) is 17.0 Å². The number of aliphatic hydroxyl groups excluding tert-OH is 10. The maximum absolute atomic E-state index is 10.3. The van der Waals surface area contributed by atoms with Gasteiger partial charge in [0.05, 0.1) is 32.4 Å². The Morgan fingerprint density at radius 1 is 0.750 bits per heavy atom. The fourth-order valence-corrected chi connectivity index (χ4v) is 3.02. The van der Waals surface area contributed by atoms with Gasteiger partial charge in [0.2, 0.25) is 0 Å². The van der Waals surface area contributed by atoms with E-state index in [2.05, 4.69) is 19.9 Å². The first-order valence-electron chi connectivity index (χ1n) is 15.9. The Labute approximate surface area is 336 Å². The summed E-state index contributed by atoms with van der Waals surface area (Å²) in [5.41, 5.74) is 9.20. The number of aromatic nitrogens is 4. The monoisotopic (exact) mass is 902 g/mol. The minimum Gasteiger partial charge on any atom is -0.481 e. The number of carboxylic acid groups (broad SMARTS) is 4. The van der Waals surface area contributed by atoms with Crippen LogP contribution in [0.4, 0.5) is 5.82 Å². The van der Waals surface area contributed by atoms with Gasteiger partial charge in [-0.15, -0.1) is 0 Å². The predicted octanol–water partition coefficient (Wildman–Crippen LogP) is -8.95. The van der Waals surface area contributed by atoms with Crippen LogP contribution >= 0.6 is 7.82 Å². The van der Waals surface area contributed by atoms with Gasteiger partial charge in [0.1, 0.15) is 66.7 Å². The van der Waals surface area contributed by atoms with Gasteiger partial charge in [-0.1, -0.05) is 13.8 Å². The molecule has 0 aliphatic carbocycles. The van der Waals surface area contributed by atoms with Crippen molar-refractivity contribution in [3.05, 3.63) is 12.7 Å². The van der Waals surface area contributed by atoms with Crippen molar-refractivity contribution < 1.29 is 125 Å². The Bertz CT molecular complexity index is 1560.